The van der Waals surface area contributed by atoms with Crippen LogP contribution in [0, 0.1) is 11.3 Å². The second-order valence-electron chi connectivity index (χ2n) is 5.18. The van der Waals surface area contributed by atoms with Crippen molar-refractivity contribution in [3.63, 3.8) is 0 Å². The molecular formula is C15H20N4O2. The van der Waals surface area contributed by atoms with Gasteiger partial charge < -0.3 is 20.2 Å². The number of anilines is 2. The summed E-state index contributed by atoms with van der Waals surface area (Å²) in [5.41, 5.74) is 2.33. The third kappa shape index (κ3) is 3.94. The Morgan fingerprint density at radius 1 is 1.38 bits per heavy atom. The number of hydrogen-bond donors (Lipinski definition) is 2. The molecule has 1 fully saturated rings. The van der Waals surface area contributed by atoms with Gasteiger partial charge in [0.2, 0.25) is 5.91 Å². The lowest BCUT2D eigenvalue weighted by Gasteiger charge is -2.35. The second-order valence-corrected chi connectivity index (χ2v) is 5.18. The van der Waals surface area contributed by atoms with Gasteiger partial charge in [-0.3, -0.25) is 4.79 Å². The minimum absolute atomic E-state index is 0.0792. The lowest BCUT2D eigenvalue weighted by atomic mass is 10.1. The Kier molecular flexibility index (Phi) is 5.14. The molecule has 0 saturated carbocycles. The summed E-state index contributed by atoms with van der Waals surface area (Å²) >= 11 is 0. The van der Waals surface area contributed by atoms with Gasteiger partial charge in [-0.15, -0.1) is 0 Å². The number of aliphatic hydroxyl groups is 1. The average Bonchev–Trinajstić information content (AvgIpc) is 2.48. The highest BCUT2D eigenvalue weighted by Crippen LogP contribution is 2.28. The Labute approximate surface area is 124 Å². The van der Waals surface area contributed by atoms with E-state index in [1.165, 1.54) is 0 Å². The molecule has 1 saturated heterocycles. The largest absolute Gasteiger partial charge is 0.392 e. The van der Waals surface area contributed by atoms with E-state index in [1.807, 2.05) is 18.2 Å². The molecule has 0 atom stereocenters. The fraction of sp³-hybridized carbons (Fsp3) is 0.467. The second kappa shape index (κ2) is 7.07. The molecule has 6 nitrogen and oxygen atoms in total. The van der Waals surface area contributed by atoms with Crippen molar-refractivity contribution in [2.24, 2.45) is 0 Å². The Bertz CT molecular complexity index is 545. The Hall–Kier alpha value is -2.10. The van der Waals surface area contributed by atoms with Gasteiger partial charge in [0.15, 0.2) is 0 Å². The van der Waals surface area contributed by atoms with Crippen molar-refractivity contribution in [1.29, 1.82) is 5.26 Å². The van der Waals surface area contributed by atoms with Crippen molar-refractivity contribution in [2.45, 2.75) is 13.0 Å². The highest BCUT2D eigenvalue weighted by atomic mass is 16.3. The normalized spacial score (nSPS) is 15.6. The maximum Gasteiger partial charge on any atom is 0.238 e. The zero-order valence-electron chi connectivity index (χ0n) is 12.2. The van der Waals surface area contributed by atoms with Crippen LogP contribution in [0.1, 0.15) is 12.0 Å². The first-order valence-electron chi connectivity index (χ1n) is 6.98. The number of nitrogens with one attached hydrogen (secondary N) is 1. The predicted octanol–water partition coefficient (Wildman–Crippen LogP) is 0.783. The van der Waals surface area contributed by atoms with Crippen LogP contribution in [0.4, 0.5) is 11.4 Å². The molecule has 1 aromatic rings. The van der Waals surface area contributed by atoms with E-state index < -0.39 is 0 Å². The van der Waals surface area contributed by atoms with Crippen LogP contribution in [0.2, 0.25) is 0 Å². The molecule has 1 aromatic carbocycles. The monoisotopic (exact) mass is 288 g/mol. The Balaban J connectivity index is 2.23. The molecule has 2 N–H and O–H groups in total. The van der Waals surface area contributed by atoms with E-state index >= 15 is 0 Å². The minimum Gasteiger partial charge on any atom is -0.392 e. The van der Waals surface area contributed by atoms with E-state index in [2.05, 4.69) is 22.2 Å². The van der Waals surface area contributed by atoms with Crippen molar-refractivity contribution in [2.75, 3.05) is 43.4 Å². The zero-order valence-corrected chi connectivity index (χ0v) is 12.2. The maximum absolute atomic E-state index is 11.7. The molecule has 1 aliphatic rings. The number of amides is 1. The van der Waals surface area contributed by atoms with Crippen molar-refractivity contribution >= 4 is 17.3 Å². The van der Waals surface area contributed by atoms with E-state index in [0.717, 1.165) is 37.4 Å². The highest BCUT2D eigenvalue weighted by Gasteiger charge is 2.18. The number of rotatable bonds is 4. The number of benzene rings is 1. The predicted molar refractivity (Wildman–Crippen MR) is 80.9 cm³/mol. The number of piperazine rings is 1. The third-order valence-electron chi connectivity index (χ3n) is 3.60. The topological polar surface area (TPSA) is 79.6 Å². The van der Waals surface area contributed by atoms with Crippen LogP contribution in [0.5, 0.6) is 0 Å². The molecular weight excluding hydrogens is 268 g/mol. The first-order chi connectivity index (χ1) is 10.1. The van der Waals surface area contributed by atoms with Gasteiger partial charge in [-0.2, -0.15) is 5.26 Å². The fourth-order valence-electron chi connectivity index (χ4n) is 2.37. The van der Waals surface area contributed by atoms with Gasteiger partial charge >= 0.3 is 0 Å². The lowest BCUT2D eigenvalue weighted by Crippen LogP contribution is -2.44. The van der Waals surface area contributed by atoms with Gasteiger partial charge in [0.05, 0.1) is 24.1 Å². The molecule has 21 heavy (non-hydrogen) atoms. The van der Waals surface area contributed by atoms with Crippen molar-refractivity contribution in [1.82, 2.24) is 4.90 Å². The molecule has 0 spiro atoms. The molecule has 0 radical (unpaired) electrons. The van der Waals surface area contributed by atoms with Crippen LogP contribution in [-0.4, -0.2) is 49.1 Å². The van der Waals surface area contributed by atoms with Gasteiger partial charge in [-0.05, 0) is 24.7 Å². The van der Waals surface area contributed by atoms with Crippen molar-refractivity contribution in [3.05, 3.63) is 23.8 Å². The number of hydrogen-bond acceptors (Lipinski definition) is 5. The van der Waals surface area contributed by atoms with E-state index in [4.69, 9.17) is 5.26 Å². The molecule has 6 heteroatoms. The number of carbonyl (C=O) groups excluding carboxylic acids is 1. The molecule has 1 aliphatic heterocycles. The van der Waals surface area contributed by atoms with Gasteiger partial charge in [0, 0.05) is 26.2 Å². The highest BCUT2D eigenvalue weighted by molar-refractivity contribution is 5.95. The van der Waals surface area contributed by atoms with E-state index in [9.17, 15) is 9.90 Å². The Morgan fingerprint density at radius 2 is 2.10 bits per heavy atom. The van der Waals surface area contributed by atoms with Crippen LogP contribution in [-0.2, 0) is 11.4 Å². The number of nitriles is 1. The fourth-order valence-corrected chi connectivity index (χ4v) is 2.37. The van der Waals surface area contributed by atoms with E-state index in [1.54, 1.807) is 6.07 Å². The summed E-state index contributed by atoms with van der Waals surface area (Å²) in [4.78, 5) is 16.1. The third-order valence-corrected chi connectivity index (χ3v) is 3.60. The zero-order chi connectivity index (χ0) is 15.2. The summed E-state index contributed by atoms with van der Waals surface area (Å²) in [7, 11) is 2.09. The van der Waals surface area contributed by atoms with Crippen molar-refractivity contribution < 1.29 is 9.90 Å². The lowest BCUT2D eigenvalue weighted by molar-refractivity contribution is -0.115. The molecule has 1 heterocycles. The smallest absolute Gasteiger partial charge is 0.238 e. The molecule has 0 bridgehead atoms. The first-order valence-corrected chi connectivity index (χ1v) is 6.98. The van der Waals surface area contributed by atoms with Crippen LogP contribution in [0.15, 0.2) is 18.2 Å². The summed E-state index contributed by atoms with van der Waals surface area (Å²) in [5, 5.41) is 20.6. The maximum atomic E-state index is 11.7. The standard InChI is InChI=1S/C15H20N4O2/c1-18-6-8-19(9-7-18)14-3-2-12(11-20)10-13(14)17-15(21)4-5-16/h2-3,10,20H,4,6-9,11H2,1H3,(H,17,21). The van der Waals surface area contributed by atoms with E-state index in [-0.39, 0.29) is 18.9 Å². The van der Waals surface area contributed by atoms with Gasteiger partial charge in [0.25, 0.3) is 0 Å². The summed E-state index contributed by atoms with van der Waals surface area (Å²) in [6, 6.07) is 7.38. The number of likely N-dealkylation sites (N-methyl/N-ethyl adjacent to an activating group) is 1. The molecule has 0 aliphatic carbocycles. The van der Waals surface area contributed by atoms with E-state index in [0.29, 0.717) is 5.69 Å². The summed E-state index contributed by atoms with van der Waals surface area (Å²) in [5.74, 6) is -0.331. The van der Waals surface area contributed by atoms with Crippen LogP contribution in [0.25, 0.3) is 0 Å². The summed E-state index contributed by atoms with van der Waals surface area (Å²) in [6.07, 6.45) is -0.175. The first kappa shape index (κ1) is 15.3. The molecule has 2 rings (SSSR count). The SMILES string of the molecule is CN1CCN(c2ccc(CO)cc2NC(=O)CC#N)CC1. The minimum atomic E-state index is -0.331. The summed E-state index contributed by atoms with van der Waals surface area (Å²) in [6.45, 7) is 3.62. The van der Waals surface area contributed by atoms with Gasteiger partial charge in [-0.1, -0.05) is 6.07 Å². The van der Waals surface area contributed by atoms with Gasteiger partial charge in [0.1, 0.15) is 6.42 Å². The number of aliphatic hydroxyl groups excluding tert-OH is 1. The molecule has 1 amide bonds. The number of nitrogens with zero attached hydrogens (tertiary/aromatic N) is 3. The van der Waals surface area contributed by atoms with Crippen LogP contribution >= 0.6 is 0 Å². The molecule has 0 unspecified atom stereocenters. The molecule has 0 aromatic heterocycles. The Morgan fingerprint density at radius 3 is 2.71 bits per heavy atom. The van der Waals surface area contributed by atoms with Crippen molar-refractivity contribution in [3.8, 4) is 6.07 Å². The molecule has 112 valence electrons. The van der Waals surface area contributed by atoms with Crippen LogP contribution in [0.3, 0.4) is 0 Å². The van der Waals surface area contributed by atoms with Crippen LogP contribution < -0.4 is 10.2 Å². The van der Waals surface area contributed by atoms with Gasteiger partial charge in [-0.25, -0.2) is 0 Å². The number of carbonyl (C=O) groups is 1. The average molecular weight is 288 g/mol. The quantitative estimate of drug-likeness (QED) is 0.856. The summed E-state index contributed by atoms with van der Waals surface area (Å²) < 4.78 is 0.